The van der Waals surface area contributed by atoms with Crippen molar-refractivity contribution in [3.63, 3.8) is 0 Å². The van der Waals surface area contributed by atoms with Crippen LogP contribution in [0.3, 0.4) is 0 Å². The van der Waals surface area contributed by atoms with Gasteiger partial charge in [0.15, 0.2) is 0 Å². The van der Waals surface area contributed by atoms with E-state index in [1.54, 1.807) is 0 Å². The summed E-state index contributed by atoms with van der Waals surface area (Å²) >= 11 is 0. The lowest BCUT2D eigenvalue weighted by Crippen LogP contribution is -2.47. The molecule has 0 unspecified atom stereocenters. The predicted octanol–water partition coefficient (Wildman–Crippen LogP) is 5.12. The lowest BCUT2D eigenvalue weighted by atomic mass is 9.98. The Morgan fingerprint density at radius 1 is 0.938 bits per heavy atom. The van der Waals surface area contributed by atoms with Crippen molar-refractivity contribution in [1.82, 2.24) is 4.90 Å². The molecule has 0 aliphatic heterocycles. The van der Waals surface area contributed by atoms with Gasteiger partial charge in [0.05, 0.1) is 0 Å². The summed E-state index contributed by atoms with van der Waals surface area (Å²) in [6, 6.07) is 24.4. The molecule has 0 bridgehead atoms. The normalized spacial score (nSPS) is 13.0. The van der Waals surface area contributed by atoms with E-state index in [9.17, 15) is 14.7 Å². The molecule has 5 heteroatoms. The number of carbonyl (C=O) groups is 2. The van der Waals surface area contributed by atoms with Gasteiger partial charge in [0.25, 0.3) is 0 Å². The molecule has 0 aromatic heterocycles. The van der Waals surface area contributed by atoms with Crippen LogP contribution in [0.25, 0.3) is 11.1 Å². The van der Waals surface area contributed by atoms with E-state index in [1.807, 2.05) is 66.7 Å². The Kier molecular flexibility index (Phi) is 6.36. The van der Waals surface area contributed by atoms with Gasteiger partial charge in [-0.25, -0.2) is 9.59 Å². The van der Waals surface area contributed by atoms with Gasteiger partial charge in [-0.2, -0.15) is 0 Å². The van der Waals surface area contributed by atoms with Crippen molar-refractivity contribution in [2.24, 2.45) is 0 Å². The van der Waals surface area contributed by atoms with Crippen molar-refractivity contribution >= 4 is 12.1 Å². The average Bonchev–Trinajstić information content (AvgIpc) is 3.14. The highest BCUT2D eigenvalue weighted by molar-refractivity contribution is 5.81. The van der Waals surface area contributed by atoms with Crippen LogP contribution in [0.4, 0.5) is 4.79 Å². The summed E-state index contributed by atoms with van der Waals surface area (Å²) < 4.78 is 5.70. The molecule has 4 rings (SSSR count). The van der Waals surface area contributed by atoms with Crippen LogP contribution in [0.15, 0.2) is 91.5 Å². The monoisotopic (exact) mass is 427 g/mol. The van der Waals surface area contributed by atoms with Gasteiger partial charge < -0.3 is 9.84 Å². The Morgan fingerprint density at radius 2 is 1.50 bits per heavy atom. The molecular weight excluding hydrogens is 402 g/mol. The SMILES string of the molecule is C=CCN(C(=O)OCC1c2ccccc2-c2ccccc21)[C@@H](Cc1ccccc1)C(=O)O. The minimum absolute atomic E-state index is 0.0838. The lowest BCUT2D eigenvalue weighted by Gasteiger charge is -2.28. The fraction of sp³-hybridized carbons (Fsp3) is 0.185. The molecule has 0 saturated carbocycles. The number of carboxylic acids is 1. The molecule has 5 nitrogen and oxygen atoms in total. The van der Waals surface area contributed by atoms with Gasteiger partial charge in [0.1, 0.15) is 12.6 Å². The Morgan fingerprint density at radius 3 is 2.06 bits per heavy atom. The molecule has 0 fully saturated rings. The highest BCUT2D eigenvalue weighted by Gasteiger charge is 2.33. The number of hydrogen-bond donors (Lipinski definition) is 1. The summed E-state index contributed by atoms with van der Waals surface area (Å²) in [5.74, 6) is -1.17. The second-order valence-electron chi connectivity index (χ2n) is 7.79. The van der Waals surface area contributed by atoms with Gasteiger partial charge in [-0.15, -0.1) is 6.58 Å². The van der Waals surface area contributed by atoms with E-state index >= 15 is 0 Å². The molecule has 3 aromatic rings. The number of ether oxygens (including phenoxy) is 1. The van der Waals surface area contributed by atoms with E-state index in [1.165, 1.54) is 11.0 Å². The van der Waals surface area contributed by atoms with Gasteiger partial charge in [-0.05, 0) is 27.8 Å². The third-order valence-corrected chi connectivity index (χ3v) is 5.83. The van der Waals surface area contributed by atoms with E-state index in [0.717, 1.165) is 27.8 Å². The zero-order valence-corrected chi connectivity index (χ0v) is 17.7. The van der Waals surface area contributed by atoms with Crippen molar-refractivity contribution in [2.45, 2.75) is 18.4 Å². The van der Waals surface area contributed by atoms with Gasteiger partial charge in [0, 0.05) is 18.9 Å². The Balaban J connectivity index is 1.53. The summed E-state index contributed by atoms with van der Waals surface area (Å²) in [5, 5.41) is 9.84. The number of fused-ring (bicyclic) bond motifs is 3. The van der Waals surface area contributed by atoms with E-state index in [4.69, 9.17) is 4.74 Å². The molecule has 0 heterocycles. The molecule has 1 aliphatic rings. The van der Waals surface area contributed by atoms with E-state index in [2.05, 4.69) is 18.7 Å². The Hall–Kier alpha value is -3.86. The molecule has 0 radical (unpaired) electrons. The first-order valence-corrected chi connectivity index (χ1v) is 10.6. The van der Waals surface area contributed by atoms with Crippen LogP contribution in [-0.4, -0.2) is 41.3 Å². The summed E-state index contributed by atoms with van der Waals surface area (Å²) in [6.07, 6.45) is 1.05. The quantitative estimate of drug-likeness (QED) is 0.507. The van der Waals surface area contributed by atoms with Crippen LogP contribution in [0.2, 0.25) is 0 Å². The van der Waals surface area contributed by atoms with Crippen LogP contribution >= 0.6 is 0 Å². The lowest BCUT2D eigenvalue weighted by molar-refractivity contribution is -0.142. The van der Waals surface area contributed by atoms with Crippen molar-refractivity contribution in [3.8, 4) is 11.1 Å². The second kappa shape index (κ2) is 9.52. The summed E-state index contributed by atoms with van der Waals surface area (Å²) in [4.78, 5) is 26.3. The maximum absolute atomic E-state index is 13.0. The number of rotatable bonds is 8. The van der Waals surface area contributed by atoms with Crippen LogP contribution in [0.1, 0.15) is 22.6 Å². The molecule has 0 saturated heterocycles. The minimum atomic E-state index is -1.08. The van der Waals surface area contributed by atoms with Crippen LogP contribution in [0, 0.1) is 0 Å². The number of benzene rings is 3. The fourth-order valence-electron chi connectivity index (χ4n) is 4.31. The molecule has 32 heavy (non-hydrogen) atoms. The summed E-state index contributed by atoms with van der Waals surface area (Å²) in [7, 11) is 0. The Bertz CT molecular complexity index is 1080. The molecule has 1 atom stereocenters. The first-order valence-electron chi connectivity index (χ1n) is 10.6. The standard InChI is InChI=1S/C27H25NO4/c1-2-16-28(25(26(29)30)17-19-10-4-3-5-11-19)27(31)32-18-24-22-14-8-6-12-20(22)21-13-7-9-15-23(21)24/h2-15,24-25H,1,16-18H2,(H,29,30)/t25-/m0/s1. The smallest absolute Gasteiger partial charge is 0.410 e. The van der Waals surface area contributed by atoms with Crippen molar-refractivity contribution in [1.29, 1.82) is 0 Å². The number of carboxylic acid groups (broad SMARTS) is 1. The maximum Gasteiger partial charge on any atom is 0.410 e. The molecule has 1 N–H and O–H groups in total. The van der Waals surface area contributed by atoms with E-state index in [-0.39, 0.29) is 25.5 Å². The molecule has 3 aromatic carbocycles. The van der Waals surface area contributed by atoms with E-state index < -0.39 is 18.1 Å². The first kappa shape index (κ1) is 21.4. The van der Waals surface area contributed by atoms with Crippen molar-refractivity contribution in [3.05, 3.63) is 108 Å². The van der Waals surface area contributed by atoms with Gasteiger partial charge >= 0.3 is 12.1 Å². The molecule has 0 spiro atoms. The fourth-order valence-corrected chi connectivity index (χ4v) is 4.31. The molecule has 162 valence electrons. The van der Waals surface area contributed by atoms with Gasteiger partial charge in [0.2, 0.25) is 0 Å². The highest BCUT2D eigenvalue weighted by atomic mass is 16.6. The summed E-state index contributed by atoms with van der Waals surface area (Å²) in [5.41, 5.74) is 5.33. The topological polar surface area (TPSA) is 66.8 Å². The largest absolute Gasteiger partial charge is 0.480 e. The zero-order valence-electron chi connectivity index (χ0n) is 17.7. The average molecular weight is 428 g/mol. The van der Waals surface area contributed by atoms with Crippen LogP contribution in [0.5, 0.6) is 0 Å². The third kappa shape index (κ3) is 4.28. The van der Waals surface area contributed by atoms with Gasteiger partial charge in [-0.1, -0.05) is 84.9 Å². The highest BCUT2D eigenvalue weighted by Crippen LogP contribution is 2.44. The van der Waals surface area contributed by atoms with Crippen LogP contribution in [-0.2, 0) is 16.0 Å². The number of nitrogens with zero attached hydrogens (tertiary/aromatic N) is 1. The zero-order chi connectivity index (χ0) is 22.5. The number of carbonyl (C=O) groups excluding carboxylic acids is 1. The third-order valence-electron chi connectivity index (χ3n) is 5.83. The van der Waals surface area contributed by atoms with Crippen molar-refractivity contribution < 1.29 is 19.4 Å². The Labute approximate surface area is 187 Å². The predicted molar refractivity (Wildman–Crippen MR) is 124 cm³/mol. The summed E-state index contributed by atoms with van der Waals surface area (Å²) in [6.45, 7) is 3.91. The number of aliphatic carboxylic acids is 1. The maximum atomic E-state index is 13.0. The van der Waals surface area contributed by atoms with E-state index in [0.29, 0.717) is 0 Å². The molecule has 1 amide bonds. The second-order valence-corrected chi connectivity index (χ2v) is 7.79. The number of hydrogen-bond acceptors (Lipinski definition) is 3. The minimum Gasteiger partial charge on any atom is -0.480 e. The van der Waals surface area contributed by atoms with Gasteiger partial charge in [-0.3, -0.25) is 4.90 Å². The molecule has 1 aliphatic carbocycles. The first-order chi connectivity index (χ1) is 15.6. The van der Waals surface area contributed by atoms with Crippen LogP contribution < -0.4 is 0 Å². The number of amides is 1. The molecular formula is C27H25NO4. The van der Waals surface area contributed by atoms with Crippen molar-refractivity contribution in [2.75, 3.05) is 13.2 Å².